The Hall–Kier alpha value is -1.62. The maximum absolute atomic E-state index is 10.8. The summed E-state index contributed by atoms with van der Waals surface area (Å²) in [6, 6.07) is 4.84. The largest absolute Gasteiger partial charge is 0.477 e. The van der Waals surface area contributed by atoms with E-state index in [0.717, 1.165) is 0 Å². The third-order valence-corrected chi connectivity index (χ3v) is 2.24. The summed E-state index contributed by atoms with van der Waals surface area (Å²) in [6.07, 6.45) is 0. The van der Waals surface area contributed by atoms with Gasteiger partial charge in [0.1, 0.15) is 5.82 Å². The van der Waals surface area contributed by atoms with Crippen molar-refractivity contribution in [3.63, 3.8) is 0 Å². The summed E-state index contributed by atoms with van der Waals surface area (Å²) in [6.45, 7) is 6.40. The smallest absolute Gasteiger partial charge is 0.354 e. The van der Waals surface area contributed by atoms with Crippen LogP contribution in [0.1, 0.15) is 31.3 Å². The Labute approximate surface area is 101 Å². The number of aliphatic hydroxyl groups is 1. The molecule has 5 nitrogen and oxygen atoms in total. The molecule has 0 atom stereocenters. The molecule has 0 aromatic carbocycles. The minimum absolute atomic E-state index is 0.0108. The lowest BCUT2D eigenvalue weighted by Gasteiger charge is -2.29. The highest BCUT2D eigenvalue weighted by Crippen LogP contribution is 2.15. The van der Waals surface area contributed by atoms with Crippen LogP contribution in [-0.4, -0.2) is 39.9 Å². The number of carboxylic acid groups (broad SMARTS) is 1. The summed E-state index contributed by atoms with van der Waals surface area (Å²) in [7, 11) is 0. The Morgan fingerprint density at radius 1 is 1.47 bits per heavy atom. The Morgan fingerprint density at radius 2 is 2.12 bits per heavy atom. The number of hydrogen-bond acceptors (Lipinski definition) is 4. The fourth-order valence-electron chi connectivity index (χ4n) is 1.54. The van der Waals surface area contributed by atoms with Crippen molar-refractivity contribution >= 4 is 11.8 Å². The van der Waals surface area contributed by atoms with Gasteiger partial charge >= 0.3 is 5.97 Å². The number of likely N-dealkylation sites (N-methyl/N-ethyl adjacent to an activating group) is 1. The first-order valence-electron chi connectivity index (χ1n) is 5.51. The van der Waals surface area contributed by atoms with Crippen LogP contribution in [0, 0.1) is 0 Å². The molecule has 0 saturated carbocycles. The standard InChI is InChI=1S/C12H18N2O3/c1-4-14(8-12(2,3)17)10-7-5-6-9(13-10)11(15)16/h5-7,17H,4,8H2,1-3H3,(H,15,16). The summed E-state index contributed by atoms with van der Waals surface area (Å²) >= 11 is 0. The van der Waals surface area contributed by atoms with Crippen LogP contribution in [0.4, 0.5) is 5.82 Å². The minimum Gasteiger partial charge on any atom is -0.477 e. The second-order valence-electron chi connectivity index (χ2n) is 4.51. The number of carboxylic acids is 1. The minimum atomic E-state index is -1.05. The molecular formula is C12H18N2O3. The van der Waals surface area contributed by atoms with Crippen LogP contribution >= 0.6 is 0 Å². The van der Waals surface area contributed by atoms with E-state index in [1.54, 1.807) is 26.0 Å². The summed E-state index contributed by atoms with van der Waals surface area (Å²) in [5.41, 5.74) is -0.839. The Morgan fingerprint density at radius 3 is 2.59 bits per heavy atom. The summed E-state index contributed by atoms with van der Waals surface area (Å²) in [4.78, 5) is 16.7. The van der Waals surface area contributed by atoms with E-state index in [1.165, 1.54) is 6.07 Å². The lowest BCUT2D eigenvalue weighted by molar-refractivity contribution is 0.0690. The third-order valence-electron chi connectivity index (χ3n) is 2.24. The summed E-state index contributed by atoms with van der Waals surface area (Å²) in [5, 5.41) is 18.6. The average Bonchev–Trinajstić information content (AvgIpc) is 2.25. The number of rotatable bonds is 5. The Balaban J connectivity index is 2.96. The number of aromatic nitrogens is 1. The predicted octanol–water partition coefficient (Wildman–Crippen LogP) is 1.38. The van der Waals surface area contributed by atoms with Crippen molar-refractivity contribution < 1.29 is 15.0 Å². The van der Waals surface area contributed by atoms with Gasteiger partial charge in [0.05, 0.1) is 5.60 Å². The van der Waals surface area contributed by atoms with Crippen molar-refractivity contribution in [3.8, 4) is 0 Å². The van der Waals surface area contributed by atoms with Gasteiger partial charge in [0.15, 0.2) is 5.69 Å². The fraction of sp³-hybridized carbons (Fsp3) is 0.500. The van der Waals surface area contributed by atoms with E-state index >= 15 is 0 Å². The maximum Gasteiger partial charge on any atom is 0.354 e. The number of pyridine rings is 1. The number of carbonyl (C=O) groups is 1. The number of hydrogen-bond donors (Lipinski definition) is 2. The molecule has 0 aliphatic carbocycles. The van der Waals surface area contributed by atoms with Crippen LogP contribution in [0.5, 0.6) is 0 Å². The highest BCUT2D eigenvalue weighted by atomic mass is 16.4. The zero-order chi connectivity index (χ0) is 13.1. The highest BCUT2D eigenvalue weighted by Gasteiger charge is 2.19. The molecule has 1 aromatic rings. The van der Waals surface area contributed by atoms with Gasteiger partial charge in [-0.2, -0.15) is 0 Å². The molecule has 1 heterocycles. The molecule has 2 N–H and O–H groups in total. The SMILES string of the molecule is CCN(CC(C)(C)O)c1cccc(C(=O)O)n1. The van der Waals surface area contributed by atoms with Gasteiger partial charge in [0.25, 0.3) is 0 Å². The lowest BCUT2D eigenvalue weighted by atomic mass is 10.1. The second-order valence-corrected chi connectivity index (χ2v) is 4.51. The van der Waals surface area contributed by atoms with E-state index in [2.05, 4.69) is 4.98 Å². The van der Waals surface area contributed by atoms with Crippen molar-refractivity contribution in [2.45, 2.75) is 26.4 Å². The maximum atomic E-state index is 10.8. The summed E-state index contributed by atoms with van der Waals surface area (Å²) in [5.74, 6) is -0.485. The Bertz CT molecular complexity index is 399. The van der Waals surface area contributed by atoms with Gasteiger partial charge in [-0.25, -0.2) is 9.78 Å². The van der Waals surface area contributed by atoms with Gasteiger partial charge in [-0.15, -0.1) is 0 Å². The zero-order valence-electron chi connectivity index (χ0n) is 10.3. The first-order valence-corrected chi connectivity index (χ1v) is 5.51. The lowest BCUT2D eigenvalue weighted by Crippen LogP contribution is -2.39. The van der Waals surface area contributed by atoms with Crippen molar-refractivity contribution in [1.82, 2.24) is 4.98 Å². The first kappa shape index (κ1) is 13.4. The van der Waals surface area contributed by atoms with Crippen LogP contribution < -0.4 is 4.90 Å². The van der Waals surface area contributed by atoms with Gasteiger partial charge in [-0.3, -0.25) is 0 Å². The van der Waals surface area contributed by atoms with Crippen molar-refractivity contribution in [3.05, 3.63) is 23.9 Å². The fourth-order valence-corrected chi connectivity index (χ4v) is 1.54. The molecular weight excluding hydrogens is 220 g/mol. The van der Waals surface area contributed by atoms with E-state index in [-0.39, 0.29) is 5.69 Å². The molecule has 0 aliphatic heterocycles. The summed E-state index contributed by atoms with van der Waals surface area (Å²) < 4.78 is 0. The quantitative estimate of drug-likeness (QED) is 0.810. The predicted molar refractivity (Wildman–Crippen MR) is 65.4 cm³/mol. The Kier molecular flexibility index (Phi) is 4.07. The monoisotopic (exact) mass is 238 g/mol. The van der Waals surface area contributed by atoms with Gasteiger partial charge < -0.3 is 15.1 Å². The molecule has 5 heteroatoms. The molecule has 0 amide bonds. The van der Waals surface area contributed by atoms with Crippen LogP contribution in [-0.2, 0) is 0 Å². The molecule has 17 heavy (non-hydrogen) atoms. The van der Waals surface area contributed by atoms with Crippen LogP contribution in [0.25, 0.3) is 0 Å². The molecule has 1 rings (SSSR count). The molecule has 0 spiro atoms. The van der Waals surface area contributed by atoms with Crippen LogP contribution in [0.3, 0.4) is 0 Å². The van der Waals surface area contributed by atoms with E-state index in [9.17, 15) is 9.90 Å². The van der Waals surface area contributed by atoms with Gasteiger partial charge in [-0.05, 0) is 32.9 Å². The van der Waals surface area contributed by atoms with Gasteiger partial charge in [0, 0.05) is 13.1 Å². The van der Waals surface area contributed by atoms with Gasteiger partial charge in [-0.1, -0.05) is 6.07 Å². The zero-order valence-corrected chi connectivity index (χ0v) is 10.3. The molecule has 0 radical (unpaired) electrons. The van der Waals surface area contributed by atoms with Gasteiger partial charge in [0.2, 0.25) is 0 Å². The molecule has 0 saturated heterocycles. The van der Waals surface area contributed by atoms with Crippen molar-refractivity contribution in [1.29, 1.82) is 0 Å². The first-order chi connectivity index (χ1) is 7.83. The molecule has 0 fully saturated rings. The average molecular weight is 238 g/mol. The second kappa shape index (κ2) is 5.14. The van der Waals surface area contributed by atoms with Crippen molar-refractivity contribution in [2.75, 3.05) is 18.0 Å². The normalized spacial score (nSPS) is 11.3. The molecule has 94 valence electrons. The highest BCUT2D eigenvalue weighted by molar-refractivity contribution is 5.85. The third kappa shape index (κ3) is 4.03. The molecule has 1 aromatic heterocycles. The van der Waals surface area contributed by atoms with E-state index < -0.39 is 11.6 Å². The number of anilines is 1. The topological polar surface area (TPSA) is 73.7 Å². The number of nitrogens with zero attached hydrogens (tertiary/aromatic N) is 2. The van der Waals surface area contributed by atoms with E-state index in [1.807, 2.05) is 11.8 Å². The van der Waals surface area contributed by atoms with E-state index in [4.69, 9.17) is 5.11 Å². The van der Waals surface area contributed by atoms with E-state index in [0.29, 0.717) is 18.9 Å². The molecule has 0 bridgehead atoms. The number of aromatic carboxylic acids is 1. The van der Waals surface area contributed by atoms with Crippen LogP contribution in [0.15, 0.2) is 18.2 Å². The molecule has 0 unspecified atom stereocenters. The van der Waals surface area contributed by atoms with Crippen molar-refractivity contribution in [2.24, 2.45) is 0 Å². The molecule has 0 aliphatic rings. The van der Waals surface area contributed by atoms with Crippen LogP contribution in [0.2, 0.25) is 0 Å².